The fourth-order valence-corrected chi connectivity index (χ4v) is 2.14. The number of carbonyl (C=O) groups excluding carboxylic acids is 1. The van der Waals surface area contributed by atoms with Crippen molar-refractivity contribution >= 4 is 5.97 Å². The first-order valence-electron chi connectivity index (χ1n) is 5.46. The summed E-state index contributed by atoms with van der Waals surface area (Å²) in [5.41, 5.74) is 2.82. The summed E-state index contributed by atoms with van der Waals surface area (Å²) in [7, 11) is 1.90. The summed E-state index contributed by atoms with van der Waals surface area (Å²) in [6.07, 6.45) is 4.31. The predicted octanol–water partition coefficient (Wildman–Crippen LogP) is 1.48. The summed E-state index contributed by atoms with van der Waals surface area (Å²) >= 11 is 0. The fourth-order valence-electron chi connectivity index (χ4n) is 2.14. The van der Waals surface area contributed by atoms with E-state index in [-0.39, 0.29) is 5.97 Å². The van der Waals surface area contributed by atoms with E-state index >= 15 is 0 Å². The largest absolute Gasteiger partial charge is 0.461 e. The lowest BCUT2D eigenvalue weighted by Crippen LogP contribution is -2.10. The number of hydrogen-bond donors (Lipinski definition) is 0. The third-order valence-electron chi connectivity index (χ3n) is 2.83. The van der Waals surface area contributed by atoms with Crippen LogP contribution in [-0.2, 0) is 24.6 Å². The van der Waals surface area contributed by atoms with Crippen LogP contribution in [0.2, 0.25) is 0 Å². The Kier molecular flexibility index (Phi) is 2.75. The van der Waals surface area contributed by atoms with Crippen molar-refractivity contribution in [2.75, 3.05) is 6.61 Å². The maximum Gasteiger partial charge on any atom is 0.359 e. The summed E-state index contributed by atoms with van der Waals surface area (Å²) in [5.74, 6) is -0.281. The van der Waals surface area contributed by atoms with Gasteiger partial charge < -0.3 is 4.74 Å². The smallest absolute Gasteiger partial charge is 0.359 e. The van der Waals surface area contributed by atoms with E-state index in [2.05, 4.69) is 5.10 Å². The molecule has 0 amide bonds. The van der Waals surface area contributed by atoms with Gasteiger partial charge in [-0.25, -0.2) is 4.79 Å². The molecule has 1 aromatic heterocycles. The minimum absolute atomic E-state index is 0.281. The highest BCUT2D eigenvalue weighted by atomic mass is 16.5. The molecule has 0 radical (unpaired) electrons. The van der Waals surface area contributed by atoms with Crippen molar-refractivity contribution in [2.45, 2.75) is 32.6 Å². The molecule has 0 fully saturated rings. The number of ether oxygens (including phenoxy) is 1. The average molecular weight is 208 g/mol. The maximum atomic E-state index is 11.6. The van der Waals surface area contributed by atoms with Gasteiger partial charge >= 0.3 is 5.97 Å². The minimum Gasteiger partial charge on any atom is -0.461 e. The zero-order valence-corrected chi connectivity index (χ0v) is 9.25. The van der Waals surface area contributed by atoms with Crippen LogP contribution in [0, 0.1) is 0 Å². The van der Waals surface area contributed by atoms with Crippen LogP contribution in [0.3, 0.4) is 0 Å². The zero-order valence-electron chi connectivity index (χ0n) is 9.25. The van der Waals surface area contributed by atoms with Crippen molar-refractivity contribution in [2.24, 2.45) is 7.05 Å². The summed E-state index contributed by atoms with van der Waals surface area (Å²) in [6, 6.07) is 0. The Bertz CT molecular complexity index is 382. The van der Waals surface area contributed by atoms with Gasteiger partial charge in [-0.05, 0) is 32.6 Å². The molecule has 0 saturated heterocycles. The van der Waals surface area contributed by atoms with Crippen LogP contribution >= 0.6 is 0 Å². The lowest BCUT2D eigenvalue weighted by Gasteiger charge is -2.11. The molecule has 0 bridgehead atoms. The Morgan fingerprint density at radius 1 is 1.47 bits per heavy atom. The molecule has 1 aromatic rings. The van der Waals surface area contributed by atoms with Gasteiger partial charge in [-0.3, -0.25) is 4.68 Å². The molecular weight excluding hydrogens is 192 g/mol. The number of rotatable bonds is 2. The molecule has 1 heterocycles. The van der Waals surface area contributed by atoms with E-state index in [1.54, 1.807) is 0 Å². The molecular formula is C11H16N2O2. The first-order valence-corrected chi connectivity index (χ1v) is 5.46. The Labute approximate surface area is 89.2 Å². The van der Waals surface area contributed by atoms with Gasteiger partial charge in [-0.2, -0.15) is 5.10 Å². The summed E-state index contributed by atoms with van der Waals surface area (Å²) in [4.78, 5) is 11.6. The van der Waals surface area contributed by atoms with Crippen LogP contribution in [0.4, 0.5) is 0 Å². The molecule has 0 spiro atoms. The van der Waals surface area contributed by atoms with Crippen LogP contribution in [0.25, 0.3) is 0 Å². The maximum absolute atomic E-state index is 11.6. The van der Waals surface area contributed by atoms with Crippen molar-refractivity contribution in [3.8, 4) is 0 Å². The average Bonchev–Trinajstić information content (AvgIpc) is 2.58. The van der Waals surface area contributed by atoms with Crippen LogP contribution < -0.4 is 0 Å². The van der Waals surface area contributed by atoms with Crippen LogP contribution in [-0.4, -0.2) is 22.4 Å². The molecule has 0 unspecified atom stereocenters. The molecule has 4 nitrogen and oxygen atoms in total. The third kappa shape index (κ3) is 1.76. The van der Waals surface area contributed by atoms with Crippen molar-refractivity contribution in [3.63, 3.8) is 0 Å². The first-order chi connectivity index (χ1) is 7.24. The zero-order chi connectivity index (χ0) is 10.8. The predicted molar refractivity (Wildman–Crippen MR) is 55.8 cm³/mol. The highest BCUT2D eigenvalue weighted by molar-refractivity contribution is 5.89. The monoisotopic (exact) mass is 208 g/mol. The summed E-state index contributed by atoms with van der Waals surface area (Å²) in [6.45, 7) is 2.22. The SMILES string of the molecule is CCOC(=O)c1nn(C)c2c1CCCC2. The molecule has 1 aliphatic rings. The number of carbonyl (C=O) groups is 1. The standard InChI is InChI=1S/C11H16N2O2/c1-3-15-11(14)10-8-6-4-5-7-9(8)13(2)12-10/h3-7H2,1-2H3. The second kappa shape index (κ2) is 4.04. The van der Waals surface area contributed by atoms with Crippen molar-refractivity contribution in [3.05, 3.63) is 17.0 Å². The minimum atomic E-state index is -0.281. The summed E-state index contributed by atoms with van der Waals surface area (Å²) < 4.78 is 6.81. The Morgan fingerprint density at radius 3 is 2.93 bits per heavy atom. The Hall–Kier alpha value is -1.32. The van der Waals surface area contributed by atoms with E-state index in [9.17, 15) is 4.79 Å². The van der Waals surface area contributed by atoms with Crippen LogP contribution in [0.1, 0.15) is 41.5 Å². The van der Waals surface area contributed by atoms with Gasteiger partial charge in [0.15, 0.2) is 5.69 Å². The molecule has 82 valence electrons. The van der Waals surface area contributed by atoms with Crippen molar-refractivity contribution in [1.82, 2.24) is 9.78 Å². The Balaban J connectivity index is 2.35. The van der Waals surface area contributed by atoms with Gasteiger partial charge in [0.2, 0.25) is 0 Å². The van der Waals surface area contributed by atoms with Gasteiger partial charge in [0, 0.05) is 18.3 Å². The van der Waals surface area contributed by atoms with E-state index in [0.717, 1.165) is 24.8 Å². The molecule has 4 heteroatoms. The third-order valence-corrected chi connectivity index (χ3v) is 2.83. The molecule has 0 atom stereocenters. The van der Waals surface area contributed by atoms with Gasteiger partial charge in [-0.15, -0.1) is 0 Å². The van der Waals surface area contributed by atoms with E-state index in [1.807, 2.05) is 18.7 Å². The van der Waals surface area contributed by atoms with E-state index in [0.29, 0.717) is 12.3 Å². The fraction of sp³-hybridized carbons (Fsp3) is 0.636. The van der Waals surface area contributed by atoms with E-state index in [1.165, 1.54) is 12.1 Å². The molecule has 1 aliphatic carbocycles. The van der Waals surface area contributed by atoms with Gasteiger partial charge in [-0.1, -0.05) is 0 Å². The molecule has 15 heavy (non-hydrogen) atoms. The number of nitrogens with zero attached hydrogens (tertiary/aromatic N) is 2. The summed E-state index contributed by atoms with van der Waals surface area (Å²) in [5, 5.41) is 4.25. The molecule has 0 aliphatic heterocycles. The van der Waals surface area contributed by atoms with E-state index < -0.39 is 0 Å². The lowest BCUT2D eigenvalue weighted by molar-refractivity contribution is 0.0517. The normalized spacial score (nSPS) is 14.8. The van der Waals surface area contributed by atoms with Crippen molar-refractivity contribution < 1.29 is 9.53 Å². The molecule has 2 rings (SSSR count). The van der Waals surface area contributed by atoms with E-state index in [4.69, 9.17) is 4.74 Å². The molecule has 0 N–H and O–H groups in total. The topological polar surface area (TPSA) is 44.1 Å². The van der Waals surface area contributed by atoms with Gasteiger partial charge in [0.05, 0.1) is 6.61 Å². The quantitative estimate of drug-likeness (QED) is 0.691. The number of aryl methyl sites for hydroxylation is 1. The highest BCUT2D eigenvalue weighted by Gasteiger charge is 2.24. The number of esters is 1. The molecule has 0 saturated carbocycles. The van der Waals surface area contributed by atoms with Gasteiger partial charge in [0.25, 0.3) is 0 Å². The van der Waals surface area contributed by atoms with Crippen LogP contribution in [0.5, 0.6) is 0 Å². The van der Waals surface area contributed by atoms with Crippen LogP contribution in [0.15, 0.2) is 0 Å². The number of hydrogen-bond acceptors (Lipinski definition) is 3. The number of fused-ring (bicyclic) bond motifs is 1. The van der Waals surface area contributed by atoms with Crippen molar-refractivity contribution in [1.29, 1.82) is 0 Å². The van der Waals surface area contributed by atoms with Gasteiger partial charge in [0.1, 0.15) is 0 Å². The second-order valence-corrected chi connectivity index (χ2v) is 3.83. The lowest BCUT2D eigenvalue weighted by atomic mass is 9.96. The molecule has 0 aromatic carbocycles. The Morgan fingerprint density at radius 2 is 2.20 bits per heavy atom. The second-order valence-electron chi connectivity index (χ2n) is 3.83. The first kappa shape index (κ1) is 10.2. The highest BCUT2D eigenvalue weighted by Crippen LogP contribution is 2.24. The number of aromatic nitrogens is 2.